The number of hydrogen-bond donors (Lipinski definition) is 1. The van der Waals surface area contributed by atoms with Gasteiger partial charge in [-0.1, -0.05) is 18.2 Å². The SMILES string of the molecule is CCOC(=O)CC(N)c1cc(-c2c(C)cccc2C)c2nccn2c1. The van der Waals surface area contributed by atoms with Gasteiger partial charge in [-0.3, -0.25) is 4.79 Å². The molecular weight excluding hydrogens is 314 g/mol. The van der Waals surface area contributed by atoms with Crippen molar-refractivity contribution in [3.05, 3.63) is 59.5 Å². The number of benzene rings is 1. The van der Waals surface area contributed by atoms with Crippen LogP contribution in [0.3, 0.4) is 0 Å². The highest BCUT2D eigenvalue weighted by Crippen LogP contribution is 2.32. The maximum atomic E-state index is 11.8. The normalized spacial score (nSPS) is 12.3. The summed E-state index contributed by atoms with van der Waals surface area (Å²) in [5.41, 5.74) is 12.6. The van der Waals surface area contributed by atoms with E-state index in [1.807, 2.05) is 28.9 Å². The molecule has 130 valence electrons. The molecule has 0 aliphatic rings. The Morgan fingerprint density at radius 1 is 1.32 bits per heavy atom. The van der Waals surface area contributed by atoms with Crippen LogP contribution in [0.1, 0.15) is 36.1 Å². The lowest BCUT2D eigenvalue weighted by atomic mass is 9.94. The minimum atomic E-state index is -0.422. The zero-order valence-electron chi connectivity index (χ0n) is 14.8. The molecule has 3 aromatic rings. The summed E-state index contributed by atoms with van der Waals surface area (Å²) >= 11 is 0. The smallest absolute Gasteiger partial charge is 0.307 e. The van der Waals surface area contributed by atoms with Crippen molar-refractivity contribution in [2.75, 3.05) is 6.61 Å². The maximum absolute atomic E-state index is 11.8. The zero-order chi connectivity index (χ0) is 18.0. The van der Waals surface area contributed by atoms with Gasteiger partial charge in [0.1, 0.15) is 5.65 Å². The molecule has 0 aliphatic heterocycles. The number of ether oxygens (including phenoxy) is 1. The van der Waals surface area contributed by atoms with Crippen LogP contribution in [0.4, 0.5) is 0 Å². The molecule has 2 heterocycles. The summed E-state index contributed by atoms with van der Waals surface area (Å²) in [5, 5.41) is 0. The number of nitrogens with two attached hydrogens (primary N) is 1. The fourth-order valence-corrected chi connectivity index (χ4v) is 3.20. The highest BCUT2D eigenvalue weighted by Gasteiger charge is 2.17. The van der Waals surface area contributed by atoms with Gasteiger partial charge in [-0.15, -0.1) is 0 Å². The molecule has 1 atom stereocenters. The predicted molar refractivity (Wildman–Crippen MR) is 98.3 cm³/mol. The molecule has 0 spiro atoms. The van der Waals surface area contributed by atoms with Crippen LogP contribution in [0.5, 0.6) is 0 Å². The van der Waals surface area contributed by atoms with Crippen LogP contribution in [-0.4, -0.2) is 22.0 Å². The largest absolute Gasteiger partial charge is 0.466 e. The first-order valence-corrected chi connectivity index (χ1v) is 8.45. The van der Waals surface area contributed by atoms with Crippen LogP contribution < -0.4 is 5.73 Å². The number of pyridine rings is 1. The van der Waals surface area contributed by atoms with Crippen LogP contribution >= 0.6 is 0 Å². The van der Waals surface area contributed by atoms with Crippen molar-refractivity contribution in [2.45, 2.75) is 33.2 Å². The molecular formula is C20H23N3O2. The van der Waals surface area contributed by atoms with Crippen LogP contribution in [0, 0.1) is 13.8 Å². The second-order valence-electron chi connectivity index (χ2n) is 6.23. The summed E-state index contributed by atoms with van der Waals surface area (Å²) in [6.07, 6.45) is 5.75. The van der Waals surface area contributed by atoms with E-state index in [-0.39, 0.29) is 12.4 Å². The van der Waals surface area contributed by atoms with Crippen molar-refractivity contribution >= 4 is 11.6 Å². The van der Waals surface area contributed by atoms with E-state index in [1.54, 1.807) is 13.1 Å². The van der Waals surface area contributed by atoms with Crippen molar-refractivity contribution in [3.63, 3.8) is 0 Å². The molecule has 0 amide bonds. The van der Waals surface area contributed by atoms with Gasteiger partial charge in [0.25, 0.3) is 0 Å². The molecule has 2 aromatic heterocycles. The summed E-state index contributed by atoms with van der Waals surface area (Å²) in [7, 11) is 0. The Bertz CT molecular complexity index is 894. The van der Waals surface area contributed by atoms with Crippen LogP contribution in [0.15, 0.2) is 42.9 Å². The summed E-state index contributed by atoms with van der Waals surface area (Å²) in [6.45, 7) is 6.33. The van der Waals surface area contributed by atoms with Crippen LogP contribution in [0.2, 0.25) is 0 Å². The number of fused-ring (bicyclic) bond motifs is 1. The molecule has 5 nitrogen and oxygen atoms in total. The number of imidazole rings is 1. The van der Waals surface area contributed by atoms with E-state index in [2.05, 4.69) is 31.0 Å². The fraction of sp³-hybridized carbons (Fsp3) is 0.300. The Morgan fingerprint density at radius 3 is 2.72 bits per heavy atom. The molecule has 0 bridgehead atoms. The van der Waals surface area contributed by atoms with Gasteiger partial charge < -0.3 is 14.9 Å². The van der Waals surface area contributed by atoms with E-state index in [0.29, 0.717) is 6.61 Å². The molecule has 0 radical (unpaired) electrons. The van der Waals surface area contributed by atoms with Crippen molar-refractivity contribution in [1.82, 2.24) is 9.38 Å². The van der Waals surface area contributed by atoms with Crippen LogP contribution in [-0.2, 0) is 9.53 Å². The quantitative estimate of drug-likeness (QED) is 0.723. The Balaban J connectivity index is 2.10. The van der Waals surface area contributed by atoms with Crippen molar-refractivity contribution in [2.24, 2.45) is 5.73 Å². The van der Waals surface area contributed by atoms with E-state index in [0.717, 1.165) is 22.3 Å². The first-order chi connectivity index (χ1) is 12.0. The molecule has 0 fully saturated rings. The lowest BCUT2D eigenvalue weighted by Crippen LogP contribution is -2.18. The molecule has 0 aliphatic carbocycles. The zero-order valence-corrected chi connectivity index (χ0v) is 14.8. The molecule has 0 saturated carbocycles. The van der Waals surface area contributed by atoms with Gasteiger partial charge in [0, 0.05) is 30.2 Å². The van der Waals surface area contributed by atoms with Gasteiger partial charge in [-0.2, -0.15) is 0 Å². The third kappa shape index (κ3) is 3.42. The van der Waals surface area contributed by atoms with Gasteiger partial charge in [-0.05, 0) is 49.1 Å². The first kappa shape index (κ1) is 17.2. The van der Waals surface area contributed by atoms with Gasteiger partial charge >= 0.3 is 5.97 Å². The lowest BCUT2D eigenvalue weighted by Gasteiger charge is -2.16. The molecule has 5 heteroatoms. The van der Waals surface area contributed by atoms with Gasteiger partial charge in [0.15, 0.2) is 0 Å². The number of esters is 1. The molecule has 1 aromatic carbocycles. The minimum Gasteiger partial charge on any atom is -0.466 e. The van der Waals surface area contributed by atoms with E-state index in [4.69, 9.17) is 10.5 Å². The molecule has 2 N–H and O–H groups in total. The second kappa shape index (κ2) is 7.07. The van der Waals surface area contributed by atoms with E-state index >= 15 is 0 Å². The standard InChI is InChI=1S/C20H23N3O2/c1-4-25-18(24)11-17(21)15-10-16(20-22-8-9-23(20)12-15)19-13(2)6-5-7-14(19)3/h5-10,12,17H,4,11,21H2,1-3H3. The van der Waals surface area contributed by atoms with Gasteiger partial charge in [0.05, 0.1) is 13.0 Å². The number of rotatable bonds is 5. The van der Waals surface area contributed by atoms with Gasteiger partial charge in [-0.25, -0.2) is 4.98 Å². The van der Waals surface area contributed by atoms with E-state index in [1.165, 1.54) is 11.1 Å². The number of nitrogens with zero attached hydrogens (tertiary/aromatic N) is 2. The molecule has 0 saturated heterocycles. The molecule has 1 unspecified atom stereocenters. The fourth-order valence-electron chi connectivity index (χ4n) is 3.20. The number of aryl methyl sites for hydroxylation is 2. The third-order valence-electron chi connectivity index (χ3n) is 4.38. The Kier molecular flexibility index (Phi) is 4.86. The Morgan fingerprint density at radius 2 is 2.04 bits per heavy atom. The summed E-state index contributed by atoms with van der Waals surface area (Å²) in [6, 6.07) is 7.85. The second-order valence-corrected chi connectivity index (χ2v) is 6.23. The Hall–Kier alpha value is -2.66. The Labute approximate surface area is 147 Å². The summed E-state index contributed by atoms with van der Waals surface area (Å²) in [4.78, 5) is 16.3. The topological polar surface area (TPSA) is 69.6 Å². The number of hydrogen-bond acceptors (Lipinski definition) is 4. The van der Waals surface area contributed by atoms with Gasteiger partial charge in [0.2, 0.25) is 0 Å². The van der Waals surface area contributed by atoms with Crippen LogP contribution in [0.25, 0.3) is 16.8 Å². The third-order valence-corrected chi connectivity index (χ3v) is 4.38. The number of carbonyl (C=O) groups excluding carboxylic acids is 1. The summed E-state index contributed by atoms with van der Waals surface area (Å²) < 4.78 is 6.98. The van der Waals surface area contributed by atoms with Crippen molar-refractivity contribution < 1.29 is 9.53 Å². The van der Waals surface area contributed by atoms with Crippen molar-refractivity contribution in [3.8, 4) is 11.1 Å². The van der Waals surface area contributed by atoms with E-state index in [9.17, 15) is 4.79 Å². The highest BCUT2D eigenvalue weighted by atomic mass is 16.5. The highest BCUT2D eigenvalue weighted by molar-refractivity contribution is 5.82. The monoisotopic (exact) mass is 337 g/mol. The lowest BCUT2D eigenvalue weighted by molar-refractivity contribution is -0.143. The average Bonchev–Trinajstić information content (AvgIpc) is 3.03. The van der Waals surface area contributed by atoms with Crippen molar-refractivity contribution in [1.29, 1.82) is 0 Å². The predicted octanol–water partition coefficient (Wildman–Crippen LogP) is 3.57. The van der Waals surface area contributed by atoms with E-state index < -0.39 is 6.04 Å². The summed E-state index contributed by atoms with van der Waals surface area (Å²) in [5.74, 6) is -0.283. The maximum Gasteiger partial charge on any atom is 0.307 e. The number of aromatic nitrogens is 2. The molecule has 3 rings (SSSR count). The average molecular weight is 337 g/mol. The first-order valence-electron chi connectivity index (χ1n) is 8.45. The minimum absolute atomic E-state index is 0.153. The molecule has 25 heavy (non-hydrogen) atoms. The number of carbonyl (C=O) groups is 1.